The van der Waals surface area contributed by atoms with Crippen LogP contribution < -0.4 is 14.4 Å². The number of thioether (sulfide) groups is 1. The average molecular weight is 664 g/mol. The molecule has 0 radical (unpaired) electrons. The largest absolute Gasteiger partial charge is 0.573 e. The van der Waals surface area contributed by atoms with Gasteiger partial charge in [0.2, 0.25) is 5.91 Å². The topological polar surface area (TPSA) is 81.8 Å². The first kappa shape index (κ1) is 32.6. The predicted octanol–water partition coefficient (Wildman–Crippen LogP) is 8.37. The van der Waals surface area contributed by atoms with Crippen LogP contribution in [0.25, 0.3) is 17.1 Å². The number of carbonyl (C=O) groups is 1. The van der Waals surface area contributed by atoms with Gasteiger partial charge in [-0.05, 0) is 91.1 Å². The lowest BCUT2D eigenvalue weighted by atomic mass is 9.99. The van der Waals surface area contributed by atoms with Crippen molar-refractivity contribution >= 4 is 28.5 Å². The molecular formula is C35H36F3N5O3S. The van der Waals surface area contributed by atoms with Crippen LogP contribution in [-0.2, 0) is 4.79 Å². The van der Waals surface area contributed by atoms with Crippen molar-refractivity contribution in [1.82, 2.24) is 14.8 Å². The van der Waals surface area contributed by atoms with Crippen LogP contribution in [-0.4, -0.2) is 51.1 Å². The number of rotatable bonds is 9. The highest BCUT2D eigenvalue weighted by atomic mass is 32.2. The van der Waals surface area contributed by atoms with Crippen molar-refractivity contribution in [2.75, 3.05) is 17.8 Å². The fraction of sp³-hybridized carbons (Fsp3) is 0.371. The molecule has 0 spiro atoms. The van der Waals surface area contributed by atoms with Gasteiger partial charge in [0.15, 0.2) is 11.0 Å². The number of amidine groups is 1. The maximum Gasteiger partial charge on any atom is 0.573 e. The number of alkyl halides is 3. The maximum atomic E-state index is 13.3. The van der Waals surface area contributed by atoms with Gasteiger partial charge in [-0.1, -0.05) is 49.9 Å². The zero-order valence-corrected chi connectivity index (χ0v) is 27.4. The van der Waals surface area contributed by atoms with Gasteiger partial charge in [0.25, 0.3) is 0 Å². The van der Waals surface area contributed by atoms with E-state index >= 15 is 0 Å². The van der Waals surface area contributed by atoms with E-state index in [4.69, 9.17) is 4.74 Å². The molecule has 2 aliphatic rings. The Morgan fingerprint density at radius 2 is 1.79 bits per heavy atom. The van der Waals surface area contributed by atoms with Gasteiger partial charge in [-0.3, -0.25) is 4.79 Å². The molecule has 0 bridgehead atoms. The Kier molecular flexibility index (Phi) is 9.32. The van der Waals surface area contributed by atoms with Crippen LogP contribution in [0.1, 0.15) is 63.0 Å². The van der Waals surface area contributed by atoms with Gasteiger partial charge in [0, 0.05) is 29.5 Å². The summed E-state index contributed by atoms with van der Waals surface area (Å²) < 4.78 is 48.3. The lowest BCUT2D eigenvalue weighted by Crippen LogP contribution is -2.42. The summed E-state index contributed by atoms with van der Waals surface area (Å²) >= 11 is 1.64. The highest BCUT2D eigenvalue weighted by Gasteiger charge is 2.40. The highest BCUT2D eigenvalue weighted by Crippen LogP contribution is 2.50. The molecule has 3 aromatic carbocycles. The van der Waals surface area contributed by atoms with Crippen molar-refractivity contribution in [2.24, 2.45) is 10.9 Å². The molecule has 1 aromatic heterocycles. The summed E-state index contributed by atoms with van der Waals surface area (Å²) in [6, 6.07) is 19.7. The number of nitrogens with zero attached hydrogens (tertiary/aromatic N) is 5. The van der Waals surface area contributed by atoms with Gasteiger partial charge in [-0.2, -0.15) is 4.99 Å². The summed E-state index contributed by atoms with van der Waals surface area (Å²) in [4.78, 5) is 24.5. The second-order valence-corrected chi connectivity index (χ2v) is 13.3. The molecule has 0 N–H and O–H groups in total. The van der Waals surface area contributed by atoms with Gasteiger partial charge in [0.05, 0.1) is 12.8 Å². The molecule has 1 aliphatic carbocycles. The lowest BCUT2D eigenvalue weighted by molar-refractivity contribution is -0.274. The van der Waals surface area contributed by atoms with Crippen LogP contribution in [0.15, 0.2) is 78.0 Å². The number of halogens is 3. The van der Waals surface area contributed by atoms with E-state index in [1.54, 1.807) is 18.9 Å². The van der Waals surface area contributed by atoms with Crippen LogP contribution >= 0.6 is 11.8 Å². The average Bonchev–Trinajstić information content (AvgIpc) is 3.61. The number of benzene rings is 3. The number of amides is 1. The highest BCUT2D eigenvalue weighted by molar-refractivity contribution is 8.14. The number of anilines is 1. The van der Waals surface area contributed by atoms with Gasteiger partial charge in [0.1, 0.15) is 17.8 Å². The molecule has 2 heterocycles. The number of methoxy groups -OCH3 is 1. The molecule has 12 heteroatoms. The number of aromatic nitrogens is 3. The Balaban J connectivity index is 1.09. The smallest absolute Gasteiger partial charge is 0.497 e. The molecule has 1 saturated carbocycles. The first-order valence-electron chi connectivity index (χ1n) is 15.6. The van der Waals surface area contributed by atoms with Crippen molar-refractivity contribution in [1.29, 1.82) is 0 Å². The van der Waals surface area contributed by atoms with E-state index in [2.05, 4.69) is 57.6 Å². The standard InChI is InChI=1S/C35H36F3N5O3S/c1-21(2)29-19-28(45-4)13-14-31(29)43-22(3)15-16-47-34(43)40-32(44)18-25-17-30(25)23-5-7-24(8-6-23)33-39-20-42(41-33)26-9-11-27(12-10-26)46-35(36,37)38/h5-14,19-22,25,30H,15-18H2,1-4H3. The third-order valence-corrected chi connectivity index (χ3v) is 9.52. The number of hydrogen-bond acceptors (Lipinski definition) is 6. The molecule has 4 aromatic rings. The minimum atomic E-state index is -4.75. The van der Waals surface area contributed by atoms with Gasteiger partial charge in [-0.15, -0.1) is 18.3 Å². The minimum Gasteiger partial charge on any atom is -0.497 e. The van der Waals surface area contributed by atoms with E-state index in [-0.39, 0.29) is 29.5 Å². The molecule has 1 amide bonds. The van der Waals surface area contributed by atoms with Crippen molar-refractivity contribution in [3.05, 3.63) is 84.2 Å². The van der Waals surface area contributed by atoms with Crippen LogP contribution in [0.3, 0.4) is 0 Å². The first-order valence-corrected chi connectivity index (χ1v) is 16.6. The third-order valence-electron chi connectivity index (χ3n) is 8.53. The molecule has 1 saturated heterocycles. The van der Waals surface area contributed by atoms with Gasteiger partial charge in [-0.25, -0.2) is 9.67 Å². The van der Waals surface area contributed by atoms with E-state index in [9.17, 15) is 18.0 Å². The molecule has 6 rings (SSSR count). The quantitative estimate of drug-likeness (QED) is 0.178. The molecule has 246 valence electrons. The number of carbonyl (C=O) groups excluding carboxylic acids is 1. The lowest BCUT2D eigenvalue weighted by Gasteiger charge is -2.37. The van der Waals surface area contributed by atoms with E-state index in [0.717, 1.165) is 46.3 Å². The van der Waals surface area contributed by atoms with Crippen molar-refractivity contribution < 1.29 is 27.4 Å². The number of ether oxygens (including phenoxy) is 2. The maximum absolute atomic E-state index is 13.3. The third kappa shape index (κ3) is 7.64. The monoisotopic (exact) mass is 663 g/mol. The van der Waals surface area contributed by atoms with Crippen molar-refractivity contribution in [3.63, 3.8) is 0 Å². The second-order valence-electron chi connectivity index (χ2n) is 12.2. The normalized spacial score (nSPS) is 20.5. The molecule has 3 atom stereocenters. The Labute approximate surface area is 276 Å². The SMILES string of the molecule is COc1ccc(N2C(=NC(=O)CC3CC3c3ccc(-c4ncn(-c5ccc(OC(F)(F)F)cc5)n4)cc3)SCCC2C)c(C(C)C)c1. The number of hydrogen-bond donors (Lipinski definition) is 0. The molecule has 2 fully saturated rings. The predicted molar refractivity (Wildman–Crippen MR) is 177 cm³/mol. The molecule has 8 nitrogen and oxygen atoms in total. The van der Waals surface area contributed by atoms with E-state index < -0.39 is 6.36 Å². The van der Waals surface area contributed by atoms with Crippen LogP contribution in [0.2, 0.25) is 0 Å². The van der Waals surface area contributed by atoms with E-state index in [1.165, 1.54) is 40.8 Å². The fourth-order valence-electron chi connectivity index (χ4n) is 5.93. The van der Waals surface area contributed by atoms with Gasteiger partial charge < -0.3 is 14.4 Å². The zero-order valence-electron chi connectivity index (χ0n) is 26.6. The van der Waals surface area contributed by atoms with Crippen molar-refractivity contribution in [2.45, 2.75) is 64.3 Å². The van der Waals surface area contributed by atoms with E-state index in [0.29, 0.717) is 23.9 Å². The molecule has 1 aliphatic heterocycles. The Hall–Kier alpha value is -4.32. The van der Waals surface area contributed by atoms with Gasteiger partial charge >= 0.3 is 6.36 Å². The van der Waals surface area contributed by atoms with Crippen LogP contribution in [0, 0.1) is 5.92 Å². The molecule has 47 heavy (non-hydrogen) atoms. The summed E-state index contributed by atoms with van der Waals surface area (Å²) in [5.41, 5.74) is 4.76. The Morgan fingerprint density at radius 1 is 1.06 bits per heavy atom. The summed E-state index contributed by atoms with van der Waals surface area (Å²) in [5.74, 6) is 2.65. The minimum absolute atomic E-state index is 0.0944. The summed E-state index contributed by atoms with van der Waals surface area (Å²) in [6.07, 6.45) is -0.898. The van der Waals surface area contributed by atoms with E-state index in [1.807, 2.05) is 30.3 Å². The summed E-state index contributed by atoms with van der Waals surface area (Å²) in [5, 5.41) is 5.25. The molecular weight excluding hydrogens is 627 g/mol. The molecule has 3 unspecified atom stereocenters. The Bertz CT molecular complexity index is 1760. The van der Waals surface area contributed by atoms with Crippen LogP contribution in [0.4, 0.5) is 18.9 Å². The second kappa shape index (κ2) is 13.4. The first-order chi connectivity index (χ1) is 22.5. The van der Waals surface area contributed by atoms with Crippen molar-refractivity contribution in [3.8, 4) is 28.6 Å². The zero-order chi connectivity index (χ0) is 33.3. The fourth-order valence-corrected chi connectivity index (χ4v) is 7.16. The van der Waals surface area contributed by atoms with Crippen LogP contribution in [0.5, 0.6) is 11.5 Å². The summed E-state index contributed by atoms with van der Waals surface area (Å²) in [6.45, 7) is 6.50. The summed E-state index contributed by atoms with van der Waals surface area (Å²) in [7, 11) is 1.67. The Morgan fingerprint density at radius 3 is 2.47 bits per heavy atom. The number of aliphatic imine (C=N–C) groups is 1.